The van der Waals surface area contributed by atoms with Crippen molar-refractivity contribution in [1.29, 1.82) is 0 Å². The third-order valence-electron chi connectivity index (χ3n) is 3.58. The number of benzene rings is 1. The van der Waals surface area contributed by atoms with Crippen LogP contribution in [0.4, 0.5) is 11.6 Å². The van der Waals surface area contributed by atoms with Crippen molar-refractivity contribution in [2.75, 3.05) is 5.32 Å². The van der Waals surface area contributed by atoms with Crippen molar-refractivity contribution < 1.29 is 0 Å². The Morgan fingerprint density at radius 2 is 1.85 bits per heavy atom. The standard InChI is InChI=1S/C17H25N3/c1-14(2)8-7-9-15(3)20-13-12-18-17(20)19-16-10-5-4-6-11-16/h4-6,10-15H,7-9H2,1-3H3,(H,18,19). The first-order valence-electron chi connectivity index (χ1n) is 7.51. The molecule has 1 heterocycles. The van der Waals surface area contributed by atoms with Crippen LogP contribution in [0.3, 0.4) is 0 Å². The van der Waals surface area contributed by atoms with Crippen molar-refractivity contribution >= 4 is 11.6 Å². The molecule has 0 saturated heterocycles. The van der Waals surface area contributed by atoms with Gasteiger partial charge in [0.05, 0.1) is 0 Å². The molecular weight excluding hydrogens is 246 g/mol. The maximum absolute atomic E-state index is 4.43. The van der Waals surface area contributed by atoms with Crippen LogP contribution in [0.1, 0.15) is 46.1 Å². The van der Waals surface area contributed by atoms with Crippen LogP contribution in [-0.2, 0) is 0 Å². The van der Waals surface area contributed by atoms with Gasteiger partial charge in [-0.1, -0.05) is 44.9 Å². The number of aromatic nitrogens is 2. The topological polar surface area (TPSA) is 29.9 Å². The van der Waals surface area contributed by atoms with E-state index in [0.29, 0.717) is 6.04 Å². The van der Waals surface area contributed by atoms with Crippen LogP contribution in [0, 0.1) is 5.92 Å². The van der Waals surface area contributed by atoms with Crippen LogP contribution in [0.25, 0.3) is 0 Å². The lowest BCUT2D eigenvalue weighted by Gasteiger charge is -2.17. The number of hydrogen-bond acceptors (Lipinski definition) is 2. The fraction of sp³-hybridized carbons (Fsp3) is 0.471. The molecule has 1 unspecified atom stereocenters. The normalized spacial score (nSPS) is 12.6. The molecular formula is C17H25N3. The van der Waals surface area contributed by atoms with Gasteiger partial charge >= 0.3 is 0 Å². The SMILES string of the molecule is CC(C)CCCC(C)n1ccnc1Nc1ccccc1. The van der Waals surface area contributed by atoms with Gasteiger partial charge in [0.1, 0.15) is 0 Å². The first-order chi connectivity index (χ1) is 9.66. The summed E-state index contributed by atoms with van der Waals surface area (Å²) in [6.45, 7) is 6.83. The minimum atomic E-state index is 0.475. The number of para-hydroxylation sites is 1. The van der Waals surface area contributed by atoms with Gasteiger partial charge in [-0.15, -0.1) is 0 Å². The fourth-order valence-corrected chi connectivity index (χ4v) is 2.38. The lowest BCUT2D eigenvalue weighted by molar-refractivity contribution is 0.450. The first kappa shape index (κ1) is 14.6. The molecule has 2 rings (SSSR count). The molecule has 0 saturated carbocycles. The van der Waals surface area contributed by atoms with Crippen LogP contribution in [-0.4, -0.2) is 9.55 Å². The summed E-state index contributed by atoms with van der Waals surface area (Å²) in [7, 11) is 0. The zero-order valence-electron chi connectivity index (χ0n) is 12.7. The van der Waals surface area contributed by atoms with E-state index in [1.165, 1.54) is 19.3 Å². The van der Waals surface area contributed by atoms with Crippen molar-refractivity contribution in [3.63, 3.8) is 0 Å². The highest BCUT2D eigenvalue weighted by Gasteiger charge is 2.10. The fourth-order valence-electron chi connectivity index (χ4n) is 2.38. The second-order valence-electron chi connectivity index (χ2n) is 5.82. The van der Waals surface area contributed by atoms with E-state index in [-0.39, 0.29) is 0 Å². The summed E-state index contributed by atoms with van der Waals surface area (Å²) in [5.74, 6) is 1.71. The molecule has 0 radical (unpaired) electrons. The average molecular weight is 271 g/mol. The van der Waals surface area contributed by atoms with Crippen LogP contribution in [0.15, 0.2) is 42.7 Å². The highest BCUT2D eigenvalue weighted by molar-refractivity contribution is 5.53. The number of anilines is 2. The minimum Gasteiger partial charge on any atom is -0.326 e. The number of hydrogen-bond donors (Lipinski definition) is 1. The summed E-state index contributed by atoms with van der Waals surface area (Å²) in [6, 6.07) is 10.7. The molecule has 108 valence electrons. The monoisotopic (exact) mass is 271 g/mol. The van der Waals surface area contributed by atoms with E-state index < -0.39 is 0 Å². The van der Waals surface area contributed by atoms with Gasteiger partial charge in [0.25, 0.3) is 0 Å². The van der Waals surface area contributed by atoms with Crippen LogP contribution >= 0.6 is 0 Å². The van der Waals surface area contributed by atoms with Gasteiger partial charge in [0, 0.05) is 24.1 Å². The first-order valence-corrected chi connectivity index (χ1v) is 7.51. The molecule has 1 aromatic heterocycles. The second-order valence-corrected chi connectivity index (χ2v) is 5.82. The van der Waals surface area contributed by atoms with Crippen LogP contribution in [0.5, 0.6) is 0 Å². The molecule has 20 heavy (non-hydrogen) atoms. The van der Waals surface area contributed by atoms with E-state index in [2.05, 4.69) is 54.0 Å². The van der Waals surface area contributed by atoms with Crippen molar-refractivity contribution in [2.45, 2.75) is 46.1 Å². The number of nitrogens with zero attached hydrogens (tertiary/aromatic N) is 2. The van der Waals surface area contributed by atoms with E-state index >= 15 is 0 Å². The van der Waals surface area contributed by atoms with Gasteiger partial charge in [-0.3, -0.25) is 0 Å². The van der Waals surface area contributed by atoms with Crippen LogP contribution < -0.4 is 5.32 Å². The lowest BCUT2D eigenvalue weighted by Crippen LogP contribution is -2.08. The number of nitrogens with one attached hydrogen (secondary N) is 1. The average Bonchev–Trinajstić information content (AvgIpc) is 2.87. The molecule has 1 aromatic carbocycles. The summed E-state index contributed by atoms with van der Waals surface area (Å²) in [5.41, 5.74) is 1.08. The smallest absolute Gasteiger partial charge is 0.207 e. The predicted octanol–water partition coefficient (Wildman–Crippen LogP) is 5.01. The molecule has 0 aliphatic heterocycles. The molecule has 0 bridgehead atoms. The molecule has 3 nitrogen and oxygen atoms in total. The molecule has 0 aliphatic rings. The molecule has 0 amide bonds. The van der Waals surface area contributed by atoms with Crippen LogP contribution in [0.2, 0.25) is 0 Å². The summed E-state index contributed by atoms with van der Waals surface area (Å²) in [5, 5.41) is 3.38. The quantitative estimate of drug-likeness (QED) is 0.766. The van der Waals surface area contributed by atoms with Crippen molar-refractivity contribution in [2.24, 2.45) is 5.92 Å². The third kappa shape index (κ3) is 4.12. The highest BCUT2D eigenvalue weighted by atomic mass is 15.2. The summed E-state index contributed by atoms with van der Waals surface area (Å²) in [6.07, 6.45) is 7.68. The largest absolute Gasteiger partial charge is 0.326 e. The Balaban J connectivity index is 1.97. The van der Waals surface area contributed by atoms with E-state index in [0.717, 1.165) is 17.6 Å². The maximum Gasteiger partial charge on any atom is 0.207 e. The Labute approximate surface area is 122 Å². The number of imidazole rings is 1. The second kappa shape index (κ2) is 7.13. The Kier molecular flexibility index (Phi) is 5.22. The van der Waals surface area contributed by atoms with Gasteiger partial charge in [0.2, 0.25) is 5.95 Å². The minimum absolute atomic E-state index is 0.475. The van der Waals surface area contributed by atoms with Gasteiger partial charge in [-0.05, 0) is 31.4 Å². The summed E-state index contributed by atoms with van der Waals surface area (Å²) in [4.78, 5) is 4.43. The number of rotatable bonds is 7. The molecule has 1 atom stereocenters. The van der Waals surface area contributed by atoms with Crippen molar-refractivity contribution in [3.8, 4) is 0 Å². The van der Waals surface area contributed by atoms with Gasteiger partial charge in [-0.25, -0.2) is 4.98 Å². The molecule has 0 fully saturated rings. The summed E-state index contributed by atoms with van der Waals surface area (Å²) < 4.78 is 2.23. The van der Waals surface area contributed by atoms with E-state index in [1.54, 1.807) is 0 Å². The van der Waals surface area contributed by atoms with Gasteiger partial charge in [-0.2, -0.15) is 0 Å². The van der Waals surface area contributed by atoms with Crippen molar-refractivity contribution in [3.05, 3.63) is 42.7 Å². The Bertz CT molecular complexity index is 502. The zero-order valence-corrected chi connectivity index (χ0v) is 12.7. The molecule has 2 aromatic rings. The van der Waals surface area contributed by atoms with Crippen molar-refractivity contribution in [1.82, 2.24) is 9.55 Å². The highest BCUT2D eigenvalue weighted by Crippen LogP contribution is 2.22. The maximum atomic E-state index is 4.43. The molecule has 0 spiro atoms. The van der Waals surface area contributed by atoms with E-state index in [9.17, 15) is 0 Å². The predicted molar refractivity (Wildman–Crippen MR) is 85.4 cm³/mol. The van der Waals surface area contributed by atoms with E-state index in [1.807, 2.05) is 24.4 Å². The lowest BCUT2D eigenvalue weighted by atomic mass is 10.0. The molecule has 0 aliphatic carbocycles. The van der Waals surface area contributed by atoms with E-state index in [4.69, 9.17) is 0 Å². The van der Waals surface area contributed by atoms with Gasteiger partial charge in [0.15, 0.2) is 0 Å². The molecule has 3 heteroatoms. The van der Waals surface area contributed by atoms with Gasteiger partial charge < -0.3 is 9.88 Å². The Hall–Kier alpha value is -1.77. The Morgan fingerprint density at radius 1 is 1.10 bits per heavy atom. The Morgan fingerprint density at radius 3 is 2.55 bits per heavy atom. The molecule has 1 N–H and O–H groups in total. The third-order valence-corrected chi connectivity index (χ3v) is 3.58. The summed E-state index contributed by atoms with van der Waals surface area (Å²) >= 11 is 0. The zero-order chi connectivity index (χ0) is 14.4.